The fraction of sp³-hybridized carbons (Fsp3) is 0.857. The van der Waals surface area contributed by atoms with Gasteiger partial charge in [-0.05, 0) is 0 Å². The van der Waals surface area contributed by atoms with Crippen LogP contribution in [0.3, 0.4) is 0 Å². The van der Waals surface area contributed by atoms with Gasteiger partial charge in [0.05, 0.1) is 0 Å². The summed E-state index contributed by atoms with van der Waals surface area (Å²) >= 11 is 2.25. The Morgan fingerprint density at radius 1 is 1.42 bits per heavy atom. The zero-order valence-electron chi connectivity index (χ0n) is 6.70. The first-order valence-corrected chi connectivity index (χ1v) is 5.05. The molecule has 0 bridgehead atoms. The number of ether oxygens (including phenoxy) is 1. The van der Waals surface area contributed by atoms with E-state index < -0.39 is 0 Å². The van der Waals surface area contributed by atoms with E-state index >= 15 is 0 Å². The zero-order valence-corrected chi connectivity index (χ0v) is 8.86. The number of carbonyl (C=O) groups excluding carboxylic acids is 1. The van der Waals surface area contributed by atoms with Gasteiger partial charge in [0.25, 0.3) is 0 Å². The molecule has 2 heterocycles. The van der Waals surface area contributed by atoms with Gasteiger partial charge in [0.1, 0.15) is 12.6 Å². The highest BCUT2D eigenvalue weighted by atomic mass is 127. The van der Waals surface area contributed by atoms with Crippen LogP contribution in [0.5, 0.6) is 0 Å². The lowest BCUT2D eigenvalue weighted by Crippen LogP contribution is -2.58. The van der Waals surface area contributed by atoms with Gasteiger partial charge in [-0.1, -0.05) is 0 Å². The third-order valence-electron chi connectivity index (χ3n) is 2.34. The molecule has 2 saturated heterocycles. The minimum absolute atomic E-state index is 0.00981. The van der Waals surface area contributed by atoms with Crippen molar-refractivity contribution in [2.24, 2.45) is 0 Å². The van der Waals surface area contributed by atoms with E-state index in [1.165, 1.54) is 0 Å². The van der Waals surface area contributed by atoms with Gasteiger partial charge in [-0.25, -0.2) is 3.11 Å². The molecule has 2 aliphatic heterocycles. The van der Waals surface area contributed by atoms with Crippen molar-refractivity contribution < 1.29 is 9.53 Å². The highest BCUT2D eigenvalue weighted by molar-refractivity contribution is 14.1. The summed E-state index contributed by atoms with van der Waals surface area (Å²) in [7, 11) is 0. The molecule has 0 N–H and O–H groups in total. The number of hydrogen-bond donors (Lipinski definition) is 0. The number of fused-ring (bicyclic) bond motifs is 1. The number of morpholine rings is 1. The van der Waals surface area contributed by atoms with Gasteiger partial charge < -0.3 is 4.74 Å². The summed E-state index contributed by atoms with van der Waals surface area (Å²) in [4.78, 5) is 13.5. The van der Waals surface area contributed by atoms with Crippen molar-refractivity contribution in [2.75, 3.05) is 32.8 Å². The van der Waals surface area contributed by atoms with Crippen molar-refractivity contribution in [3.05, 3.63) is 0 Å². The van der Waals surface area contributed by atoms with Crippen LogP contribution in [0.25, 0.3) is 0 Å². The van der Waals surface area contributed by atoms with Gasteiger partial charge in [0.15, 0.2) is 0 Å². The molecule has 0 radical (unpaired) electrons. The highest BCUT2D eigenvalue weighted by Crippen LogP contribution is 2.16. The number of esters is 1. The fourth-order valence-corrected chi connectivity index (χ4v) is 2.23. The van der Waals surface area contributed by atoms with E-state index in [0.717, 1.165) is 26.2 Å². The first-order chi connectivity index (χ1) is 5.77. The quantitative estimate of drug-likeness (QED) is 0.352. The Morgan fingerprint density at radius 2 is 2.25 bits per heavy atom. The van der Waals surface area contributed by atoms with Gasteiger partial charge >= 0.3 is 5.97 Å². The van der Waals surface area contributed by atoms with Crippen LogP contribution in [0.2, 0.25) is 0 Å². The molecule has 0 aromatic heterocycles. The standard InChI is InChI=1S/C7H11IN2O2/c8-10-2-1-9-3-4-12-7(11)6(9)5-10/h6H,1-5H2. The molecule has 0 saturated carbocycles. The number of rotatable bonds is 0. The molecule has 0 aliphatic carbocycles. The van der Waals surface area contributed by atoms with Crippen molar-refractivity contribution in [2.45, 2.75) is 6.04 Å². The number of piperazine rings is 1. The van der Waals surface area contributed by atoms with Crippen molar-refractivity contribution in [1.29, 1.82) is 0 Å². The predicted octanol–water partition coefficient (Wildman–Crippen LogP) is -0.121. The Kier molecular flexibility index (Phi) is 2.52. The first kappa shape index (κ1) is 8.71. The molecular formula is C7H11IN2O2. The molecule has 0 spiro atoms. The second kappa shape index (κ2) is 3.47. The summed E-state index contributed by atoms with van der Waals surface area (Å²) < 4.78 is 7.13. The number of cyclic esters (lactones) is 1. The van der Waals surface area contributed by atoms with Crippen molar-refractivity contribution >= 4 is 28.8 Å². The number of carbonyl (C=O) groups is 1. The lowest BCUT2D eigenvalue weighted by atomic mass is 10.2. The van der Waals surface area contributed by atoms with E-state index in [1.54, 1.807) is 0 Å². The molecule has 2 rings (SSSR count). The third kappa shape index (κ3) is 1.57. The van der Waals surface area contributed by atoms with Crippen molar-refractivity contribution in [1.82, 2.24) is 8.01 Å². The Labute approximate surface area is 85.3 Å². The van der Waals surface area contributed by atoms with E-state index in [2.05, 4.69) is 30.9 Å². The topological polar surface area (TPSA) is 32.8 Å². The van der Waals surface area contributed by atoms with Crippen molar-refractivity contribution in [3.63, 3.8) is 0 Å². The van der Waals surface area contributed by atoms with Gasteiger partial charge in [0, 0.05) is 49.0 Å². The highest BCUT2D eigenvalue weighted by Gasteiger charge is 2.35. The second-order valence-corrected chi connectivity index (χ2v) is 4.45. The Balaban J connectivity index is 2.05. The van der Waals surface area contributed by atoms with Crippen LogP contribution in [0.4, 0.5) is 0 Å². The number of nitrogens with zero attached hydrogens (tertiary/aromatic N) is 2. The number of hydrogen-bond acceptors (Lipinski definition) is 4. The summed E-state index contributed by atoms with van der Waals surface area (Å²) in [5, 5.41) is 0. The molecule has 0 aromatic carbocycles. The van der Waals surface area contributed by atoms with E-state index in [4.69, 9.17) is 4.74 Å². The molecule has 0 amide bonds. The summed E-state index contributed by atoms with van der Waals surface area (Å²) in [5.41, 5.74) is 0. The van der Waals surface area contributed by atoms with Crippen molar-refractivity contribution in [3.8, 4) is 0 Å². The largest absolute Gasteiger partial charge is 0.463 e. The SMILES string of the molecule is O=C1OCCN2CCN(I)CC12. The smallest absolute Gasteiger partial charge is 0.324 e. The lowest BCUT2D eigenvalue weighted by Gasteiger charge is -2.40. The van der Waals surface area contributed by atoms with E-state index in [1.807, 2.05) is 0 Å². The van der Waals surface area contributed by atoms with Crippen LogP contribution < -0.4 is 0 Å². The molecule has 1 unspecified atom stereocenters. The molecule has 68 valence electrons. The third-order valence-corrected chi connectivity index (χ3v) is 3.21. The zero-order chi connectivity index (χ0) is 8.55. The maximum atomic E-state index is 11.3. The molecule has 4 nitrogen and oxygen atoms in total. The summed E-state index contributed by atoms with van der Waals surface area (Å²) in [6, 6.07) is -0.00981. The molecule has 5 heteroatoms. The molecule has 2 fully saturated rings. The summed E-state index contributed by atoms with van der Waals surface area (Å²) in [5.74, 6) is -0.0531. The molecule has 2 aliphatic rings. The molecule has 0 aromatic rings. The van der Waals surface area contributed by atoms with Crippen LogP contribution >= 0.6 is 22.9 Å². The van der Waals surface area contributed by atoms with E-state index in [-0.39, 0.29) is 12.0 Å². The fourth-order valence-electron chi connectivity index (χ4n) is 1.64. The predicted molar refractivity (Wildman–Crippen MR) is 51.9 cm³/mol. The average Bonchev–Trinajstić information content (AvgIpc) is 2.07. The summed E-state index contributed by atoms with van der Waals surface area (Å²) in [6.07, 6.45) is 0. The Bertz CT molecular complexity index is 200. The normalized spacial score (nSPS) is 32.8. The Hall–Kier alpha value is 0.120. The second-order valence-electron chi connectivity index (χ2n) is 3.09. The lowest BCUT2D eigenvalue weighted by molar-refractivity contribution is -0.159. The Morgan fingerprint density at radius 3 is 3.08 bits per heavy atom. The maximum absolute atomic E-state index is 11.3. The van der Waals surface area contributed by atoms with Crippen LogP contribution in [0.1, 0.15) is 0 Å². The average molecular weight is 282 g/mol. The molecular weight excluding hydrogens is 271 g/mol. The maximum Gasteiger partial charge on any atom is 0.324 e. The van der Waals surface area contributed by atoms with Crippen LogP contribution in [0, 0.1) is 0 Å². The van der Waals surface area contributed by atoms with Crippen LogP contribution in [-0.4, -0.2) is 52.8 Å². The van der Waals surface area contributed by atoms with E-state index in [9.17, 15) is 4.79 Å². The summed E-state index contributed by atoms with van der Waals surface area (Å²) in [6.45, 7) is 4.31. The van der Waals surface area contributed by atoms with Gasteiger partial charge in [0.2, 0.25) is 0 Å². The number of halogens is 1. The van der Waals surface area contributed by atoms with Crippen LogP contribution in [-0.2, 0) is 9.53 Å². The van der Waals surface area contributed by atoms with Gasteiger partial charge in [-0.15, -0.1) is 0 Å². The van der Waals surface area contributed by atoms with Crippen LogP contribution in [0.15, 0.2) is 0 Å². The molecule has 1 atom stereocenters. The molecule has 12 heavy (non-hydrogen) atoms. The monoisotopic (exact) mass is 282 g/mol. The first-order valence-electron chi connectivity index (χ1n) is 4.09. The van der Waals surface area contributed by atoms with E-state index in [0.29, 0.717) is 6.61 Å². The van der Waals surface area contributed by atoms with Gasteiger partial charge in [-0.3, -0.25) is 9.69 Å². The minimum atomic E-state index is -0.0531. The minimum Gasteiger partial charge on any atom is -0.463 e. The van der Waals surface area contributed by atoms with Gasteiger partial charge in [-0.2, -0.15) is 0 Å².